The number of nitrogens with zero attached hydrogens (tertiary/aromatic N) is 1. The van der Waals surface area contributed by atoms with Crippen LogP contribution >= 0.6 is 34.8 Å². The van der Waals surface area contributed by atoms with Crippen LogP contribution in [0.25, 0.3) is 0 Å². The first kappa shape index (κ1) is 24.8. The lowest BCUT2D eigenvalue weighted by Gasteiger charge is -2.13. The maximum atomic E-state index is 12.7. The molecule has 3 N–H and O–H groups in total. The average Bonchev–Trinajstić information content (AvgIpc) is 3.18. The third-order valence-corrected chi connectivity index (χ3v) is 6.20. The van der Waals surface area contributed by atoms with Crippen molar-refractivity contribution < 1.29 is 18.8 Å². The van der Waals surface area contributed by atoms with Gasteiger partial charge in [0, 0.05) is 33.2 Å². The van der Waals surface area contributed by atoms with E-state index in [9.17, 15) is 14.4 Å². The van der Waals surface area contributed by atoms with Crippen molar-refractivity contribution in [2.24, 2.45) is 5.10 Å². The summed E-state index contributed by atoms with van der Waals surface area (Å²) in [4.78, 5) is 37.5. The van der Waals surface area contributed by atoms with Crippen molar-refractivity contribution in [2.45, 2.75) is 26.2 Å². The topological polar surface area (TPSA) is 113 Å². The van der Waals surface area contributed by atoms with Crippen molar-refractivity contribution in [3.63, 3.8) is 0 Å². The average molecular weight is 534 g/mol. The van der Waals surface area contributed by atoms with Gasteiger partial charge in [-0.3, -0.25) is 25.2 Å². The van der Waals surface area contributed by atoms with E-state index >= 15 is 0 Å². The van der Waals surface area contributed by atoms with Crippen molar-refractivity contribution in [1.29, 1.82) is 0 Å². The largest absolute Gasteiger partial charge is 0.455 e. The van der Waals surface area contributed by atoms with Gasteiger partial charge in [0.25, 0.3) is 11.8 Å². The fraction of sp³-hybridized carbons (Fsp3) is 0.167. The van der Waals surface area contributed by atoms with Crippen LogP contribution in [0.5, 0.6) is 0 Å². The molecular weight excluding hydrogens is 515 g/mol. The number of aryl methyl sites for hydroxylation is 1. The number of rotatable bonds is 4. The Bertz CT molecular complexity index is 1350. The van der Waals surface area contributed by atoms with Crippen LogP contribution in [0.4, 0.5) is 0 Å². The highest BCUT2D eigenvalue weighted by molar-refractivity contribution is 6.36. The molecule has 1 aromatic heterocycles. The van der Waals surface area contributed by atoms with Crippen molar-refractivity contribution in [1.82, 2.24) is 16.3 Å². The summed E-state index contributed by atoms with van der Waals surface area (Å²) in [6.07, 6.45) is 1.95. The van der Waals surface area contributed by atoms with Crippen LogP contribution in [0.3, 0.4) is 0 Å². The van der Waals surface area contributed by atoms with Gasteiger partial charge in [-0.15, -0.1) is 0 Å². The molecule has 180 valence electrons. The molecule has 0 aliphatic heterocycles. The van der Waals surface area contributed by atoms with Crippen molar-refractivity contribution in [2.75, 3.05) is 0 Å². The summed E-state index contributed by atoms with van der Waals surface area (Å²) in [7, 11) is 0. The number of fused-ring (bicyclic) bond motifs is 1. The number of benzene rings is 2. The quantitative estimate of drug-likeness (QED) is 0.405. The molecule has 2 aromatic carbocycles. The molecule has 0 unspecified atom stereocenters. The van der Waals surface area contributed by atoms with Gasteiger partial charge in [-0.25, -0.2) is 5.43 Å². The van der Waals surface area contributed by atoms with Crippen molar-refractivity contribution in [3.8, 4) is 0 Å². The molecule has 1 aliphatic carbocycles. The van der Waals surface area contributed by atoms with Gasteiger partial charge in [-0.2, -0.15) is 5.10 Å². The molecule has 1 aliphatic rings. The zero-order valence-corrected chi connectivity index (χ0v) is 20.6. The number of furan rings is 1. The molecule has 0 atom stereocenters. The molecule has 0 saturated heterocycles. The van der Waals surface area contributed by atoms with Crippen LogP contribution in [-0.4, -0.2) is 23.4 Å². The number of hydrogen-bond acceptors (Lipinski definition) is 5. The molecule has 3 aromatic rings. The van der Waals surface area contributed by atoms with Crippen LogP contribution < -0.4 is 16.3 Å². The highest BCUT2D eigenvalue weighted by atomic mass is 35.5. The van der Waals surface area contributed by atoms with E-state index in [0.717, 1.165) is 6.42 Å². The van der Waals surface area contributed by atoms with E-state index in [1.165, 1.54) is 18.2 Å². The number of hydrazine groups is 1. The summed E-state index contributed by atoms with van der Waals surface area (Å²) in [5.41, 5.74) is 9.59. The zero-order chi connectivity index (χ0) is 25.1. The second-order valence-electron chi connectivity index (χ2n) is 7.75. The molecule has 0 saturated carbocycles. The molecule has 11 heteroatoms. The van der Waals surface area contributed by atoms with Crippen LogP contribution in [0.2, 0.25) is 15.1 Å². The van der Waals surface area contributed by atoms with Gasteiger partial charge in [0.15, 0.2) is 5.76 Å². The highest BCUT2D eigenvalue weighted by Crippen LogP contribution is 2.30. The Hall–Kier alpha value is -3.33. The van der Waals surface area contributed by atoms with Gasteiger partial charge in [0.05, 0.1) is 16.3 Å². The van der Waals surface area contributed by atoms with E-state index in [1.54, 1.807) is 31.2 Å². The van der Waals surface area contributed by atoms with Gasteiger partial charge >= 0.3 is 5.91 Å². The first-order valence-electron chi connectivity index (χ1n) is 10.6. The Morgan fingerprint density at radius 3 is 2.29 bits per heavy atom. The normalized spacial score (nSPS) is 13.8. The number of hydrazone groups is 1. The van der Waals surface area contributed by atoms with Crippen LogP contribution in [0.15, 0.2) is 52.0 Å². The molecule has 8 nitrogen and oxygen atoms in total. The Balaban J connectivity index is 1.48. The summed E-state index contributed by atoms with van der Waals surface area (Å²) in [5, 5.41) is 5.34. The minimum atomic E-state index is -0.639. The van der Waals surface area contributed by atoms with Crippen LogP contribution in [-0.2, 0) is 6.42 Å². The lowest BCUT2D eigenvalue weighted by molar-refractivity contribution is 0.0829. The van der Waals surface area contributed by atoms with E-state index < -0.39 is 11.8 Å². The smallest absolute Gasteiger partial charge is 0.305 e. The van der Waals surface area contributed by atoms with Gasteiger partial charge in [0.2, 0.25) is 0 Å². The van der Waals surface area contributed by atoms with Gasteiger partial charge in [-0.05, 0) is 62.2 Å². The Morgan fingerprint density at radius 1 is 0.886 bits per heavy atom. The summed E-state index contributed by atoms with van der Waals surface area (Å²) in [5.74, 6) is -1.01. The van der Waals surface area contributed by atoms with E-state index in [0.29, 0.717) is 51.0 Å². The van der Waals surface area contributed by atoms with Gasteiger partial charge < -0.3 is 4.42 Å². The van der Waals surface area contributed by atoms with E-state index in [2.05, 4.69) is 21.4 Å². The number of hydrogen-bond donors (Lipinski definition) is 3. The Kier molecular flexibility index (Phi) is 7.45. The third-order valence-electron chi connectivity index (χ3n) is 5.40. The standard InChI is InChI=1S/C24H19Cl3N4O4/c1-12-20-18(28-29-22(32)13-5-7-14(25)8-6-13)3-2-4-19(20)35-21(12)24(34)31-30-23(33)16-10-9-15(26)11-17(16)27/h5-11H,2-4H2,1H3,(H,29,32)(H,30,33)(H,31,34)/b28-18+. The maximum absolute atomic E-state index is 12.7. The summed E-state index contributed by atoms with van der Waals surface area (Å²) in [6, 6.07) is 10.8. The maximum Gasteiger partial charge on any atom is 0.305 e. The summed E-state index contributed by atoms with van der Waals surface area (Å²) in [6.45, 7) is 1.72. The second-order valence-corrected chi connectivity index (χ2v) is 9.03. The zero-order valence-electron chi connectivity index (χ0n) is 18.4. The molecule has 4 rings (SSSR count). The van der Waals surface area contributed by atoms with E-state index in [-0.39, 0.29) is 22.3 Å². The molecular formula is C24H19Cl3N4O4. The predicted octanol–water partition coefficient (Wildman–Crippen LogP) is 5.09. The van der Waals surface area contributed by atoms with E-state index in [1.807, 2.05) is 0 Å². The molecule has 1 heterocycles. The highest BCUT2D eigenvalue weighted by Gasteiger charge is 2.28. The minimum absolute atomic E-state index is 0.0381. The minimum Gasteiger partial charge on any atom is -0.455 e. The molecule has 0 spiro atoms. The lowest BCUT2D eigenvalue weighted by Crippen LogP contribution is -2.41. The number of nitrogens with one attached hydrogen (secondary N) is 3. The number of carbonyl (C=O) groups is 3. The second kappa shape index (κ2) is 10.5. The first-order valence-corrected chi connectivity index (χ1v) is 11.7. The number of amides is 3. The summed E-state index contributed by atoms with van der Waals surface area (Å²) >= 11 is 17.8. The monoisotopic (exact) mass is 532 g/mol. The van der Waals surface area contributed by atoms with Gasteiger partial charge in [0.1, 0.15) is 5.76 Å². The number of halogens is 3. The van der Waals surface area contributed by atoms with Crippen LogP contribution in [0.1, 0.15) is 61.0 Å². The van der Waals surface area contributed by atoms with Crippen molar-refractivity contribution >= 4 is 58.2 Å². The Labute approximate surface area is 215 Å². The third kappa shape index (κ3) is 5.51. The first-order chi connectivity index (χ1) is 16.7. The van der Waals surface area contributed by atoms with E-state index in [4.69, 9.17) is 39.2 Å². The fourth-order valence-electron chi connectivity index (χ4n) is 3.69. The molecule has 0 bridgehead atoms. The molecule has 35 heavy (non-hydrogen) atoms. The molecule has 0 radical (unpaired) electrons. The van der Waals surface area contributed by atoms with Crippen molar-refractivity contribution in [3.05, 3.63) is 91.3 Å². The SMILES string of the molecule is Cc1c(C(=O)NNC(=O)c2ccc(Cl)cc2Cl)oc2c1/C(=N/NC(=O)c1ccc(Cl)cc1)CCC2. The molecule has 3 amide bonds. The summed E-state index contributed by atoms with van der Waals surface area (Å²) < 4.78 is 5.80. The lowest BCUT2D eigenvalue weighted by atomic mass is 9.93. The predicted molar refractivity (Wildman–Crippen MR) is 133 cm³/mol. The Morgan fingerprint density at radius 2 is 1.57 bits per heavy atom. The number of carbonyl (C=O) groups excluding carboxylic acids is 3. The van der Waals surface area contributed by atoms with Gasteiger partial charge in [-0.1, -0.05) is 34.8 Å². The van der Waals surface area contributed by atoms with Crippen LogP contribution in [0, 0.1) is 6.92 Å². The molecule has 0 fully saturated rings. The fourth-order valence-corrected chi connectivity index (χ4v) is 4.31.